The van der Waals surface area contributed by atoms with Crippen molar-refractivity contribution in [3.8, 4) is 0 Å². The molecule has 0 bridgehead atoms. The third-order valence-corrected chi connectivity index (χ3v) is 4.25. The highest BCUT2D eigenvalue weighted by Gasteiger charge is 2.21. The van der Waals surface area contributed by atoms with Crippen molar-refractivity contribution in [2.75, 3.05) is 0 Å². The second kappa shape index (κ2) is 4.58. The molecule has 0 fully saturated rings. The summed E-state index contributed by atoms with van der Waals surface area (Å²) in [5.74, 6) is 0.799. The predicted molar refractivity (Wildman–Crippen MR) is 61.0 cm³/mol. The van der Waals surface area contributed by atoms with Crippen LogP contribution < -0.4 is 0 Å². The maximum atomic E-state index is 10.0. The largest absolute Gasteiger partial charge is 0.388 e. The van der Waals surface area contributed by atoms with Crippen LogP contribution in [0.2, 0.25) is 0 Å². The van der Waals surface area contributed by atoms with Crippen LogP contribution in [-0.2, 0) is 0 Å². The zero-order valence-electron chi connectivity index (χ0n) is 8.12. The average Bonchev–Trinajstić information content (AvgIpc) is 2.48. The molecule has 1 nitrogen and oxygen atoms in total. The molecular formula is C10H15BrOS. The van der Waals surface area contributed by atoms with E-state index in [1.54, 1.807) is 11.3 Å². The van der Waals surface area contributed by atoms with Crippen molar-refractivity contribution in [1.29, 1.82) is 0 Å². The Morgan fingerprint density at radius 3 is 2.38 bits per heavy atom. The molecule has 1 aromatic heterocycles. The fourth-order valence-corrected chi connectivity index (χ4v) is 2.51. The Labute approximate surface area is 91.9 Å². The number of thiophene rings is 1. The van der Waals surface area contributed by atoms with E-state index in [1.165, 1.54) is 0 Å². The van der Waals surface area contributed by atoms with Gasteiger partial charge < -0.3 is 5.11 Å². The summed E-state index contributed by atoms with van der Waals surface area (Å²) in [6, 6.07) is 1.98. The van der Waals surface area contributed by atoms with Crippen molar-refractivity contribution >= 4 is 27.3 Å². The lowest BCUT2D eigenvalue weighted by Gasteiger charge is -2.21. The molecule has 1 heterocycles. The SMILES string of the molecule is CC(C)C(C)C(O)c1ccsc1Br. The lowest BCUT2D eigenvalue weighted by Crippen LogP contribution is -2.14. The average molecular weight is 263 g/mol. The minimum Gasteiger partial charge on any atom is -0.388 e. The summed E-state index contributed by atoms with van der Waals surface area (Å²) in [7, 11) is 0. The number of rotatable bonds is 3. The first-order valence-electron chi connectivity index (χ1n) is 4.45. The van der Waals surface area contributed by atoms with Crippen LogP contribution in [0.15, 0.2) is 15.2 Å². The molecule has 1 N–H and O–H groups in total. The monoisotopic (exact) mass is 262 g/mol. The molecule has 0 radical (unpaired) electrons. The maximum absolute atomic E-state index is 10.0. The van der Waals surface area contributed by atoms with Crippen molar-refractivity contribution in [3.05, 3.63) is 20.8 Å². The lowest BCUT2D eigenvalue weighted by atomic mass is 9.89. The molecule has 0 aliphatic heterocycles. The van der Waals surface area contributed by atoms with E-state index in [-0.39, 0.29) is 6.10 Å². The first-order chi connectivity index (χ1) is 6.04. The van der Waals surface area contributed by atoms with Gasteiger partial charge in [-0.2, -0.15) is 0 Å². The fraction of sp³-hybridized carbons (Fsp3) is 0.600. The fourth-order valence-electron chi connectivity index (χ4n) is 1.16. The molecule has 0 spiro atoms. The van der Waals surface area contributed by atoms with Gasteiger partial charge in [0.2, 0.25) is 0 Å². The first kappa shape index (κ1) is 11.2. The molecule has 3 heteroatoms. The molecule has 1 rings (SSSR count). The van der Waals surface area contributed by atoms with Crippen LogP contribution in [0.4, 0.5) is 0 Å². The van der Waals surface area contributed by atoms with E-state index in [2.05, 4.69) is 36.7 Å². The van der Waals surface area contributed by atoms with Crippen LogP contribution in [0.1, 0.15) is 32.4 Å². The first-order valence-corrected chi connectivity index (χ1v) is 6.12. The van der Waals surface area contributed by atoms with Gasteiger partial charge in [0.05, 0.1) is 9.89 Å². The Bertz CT molecular complexity index is 270. The Kier molecular flexibility index (Phi) is 3.95. The molecule has 0 aliphatic carbocycles. The van der Waals surface area contributed by atoms with Gasteiger partial charge in [0, 0.05) is 5.56 Å². The summed E-state index contributed by atoms with van der Waals surface area (Å²) in [5, 5.41) is 12.0. The van der Waals surface area contributed by atoms with Crippen LogP contribution in [0, 0.1) is 11.8 Å². The van der Waals surface area contributed by atoms with Crippen molar-refractivity contribution in [1.82, 2.24) is 0 Å². The summed E-state index contributed by atoms with van der Waals surface area (Å²) in [5.41, 5.74) is 1.02. The van der Waals surface area contributed by atoms with E-state index < -0.39 is 0 Å². The molecule has 0 aliphatic rings. The molecule has 74 valence electrons. The number of halogens is 1. The van der Waals surface area contributed by atoms with Crippen LogP contribution in [0.5, 0.6) is 0 Å². The van der Waals surface area contributed by atoms with E-state index in [1.807, 2.05) is 11.4 Å². The minimum absolute atomic E-state index is 0.297. The lowest BCUT2D eigenvalue weighted by molar-refractivity contribution is 0.0919. The van der Waals surface area contributed by atoms with Crippen molar-refractivity contribution in [3.63, 3.8) is 0 Å². The van der Waals surface area contributed by atoms with Crippen LogP contribution >= 0.6 is 27.3 Å². The molecule has 1 aromatic rings. The molecule has 2 atom stereocenters. The predicted octanol–water partition coefficient (Wildman–Crippen LogP) is 3.84. The number of hydrogen-bond donors (Lipinski definition) is 1. The van der Waals surface area contributed by atoms with Gasteiger partial charge in [0.15, 0.2) is 0 Å². The van der Waals surface area contributed by atoms with Gasteiger partial charge in [-0.15, -0.1) is 11.3 Å². The second-order valence-corrected chi connectivity index (χ2v) is 5.93. The minimum atomic E-state index is -0.347. The quantitative estimate of drug-likeness (QED) is 0.878. The van der Waals surface area contributed by atoms with Crippen molar-refractivity contribution in [2.24, 2.45) is 11.8 Å². The summed E-state index contributed by atoms with van der Waals surface area (Å²) in [4.78, 5) is 0. The Balaban J connectivity index is 2.79. The molecular weight excluding hydrogens is 248 g/mol. The molecule has 13 heavy (non-hydrogen) atoms. The second-order valence-electron chi connectivity index (χ2n) is 3.70. The smallest absolute Gasteiger partial charge is 0.0837 e. The highest BCUT2D eigenvalue weighted by atomic mass is 79.9. The van der Waals surface area contributed by atoms with Crippen molar-refractivity contribution < 1.29 is 5.11 Å². The third kappa shape index (κ3) is 2.55. The van der Waals surface area contributed by atoms with Crippen LogP contribution in [0.25, 0.3) is 0 Å². The van der Waals surface area contributed by atoms with E-state index >= 15 is 0 Å². The van der Waals surface area contributed by atoms with Gasteiger partial charge >= 0.3 is 0 Å². The van der Waals surface area contributed by atoms with Gasteiger partial charge in [0.25, 0.3) is 0 Å². The summed E-state index contributed by atoms with van der Waals surface area (Å²) < 4.78 is 1.05. The summed E-state index contributed by atoms with van der Waals surface area (Å²) in [6.07, 6.45) is -0.347. The third-order valence-electron chi connectivity index (χ3n) is 2.51. The topological polar surface area (TPSA) is 20.2 Å². The molecule has 0 amide bonds. The normalized spacial score (nSPS) is 16.2. The summed E-state index contributed by atoms with van der Waals surface area (Å²) >= 11 is 5.06. The van der Waals surface area contributed by atoms with E-state index in [0.29, 0.717) is 11.8 Å². The highest BCUT2D eigenvalue weighted by Crippen LogP contribution is 2.35. The van der Waals surface area contributed by atoms with Gasteiger partial charge in [-0.25, -0.2) is 0 Å². The molecule has 2 unspecified atom stereocenters. The Morgan fingerprint density at radius 2 is 2.00 bits per heavy atom. The van der Waals surface area contributed by atoms with Gasteiger partial charge in [-0.1, -0.05) is 20.8 Å². The van der Waals surface area contributed by atoms with Gasteiger partial charge in [0.1, 0.15) is 0 Å². The van der Waals surface area contributed by atoms with Gasteiger partial charge in [-0.3, -0.25) is 0 Å². The zero-order chi connectivity index (χ0) is 10.0. The number of aliphatic hydroxyl groups excluding tert-OH is 1. The van der Waals surface area contributed by atoms with E-state index in [4.69, 9.17) is 0 Å². The highest BCUT2D eigenvalue weighted by molar-refractivity contribution is 9.11. The molecule has 0 saturated carbocycles. The van der Waals surface area contributed by atoms with Crippen molar-refractivity contribution in [2.45, 2.75) is 26.9 Å². The number of aliphatic hydroxyl groups is 1. The van der Waals surface area contributed by atoms with Gasteiger partial charge in [-0.05, 0) is 39.2 Å². The Morgan fingerprint density at radius 1 is 1.38 bits per heavy atom. The van der Waals surface area contributed by atoms with E-state index in [9.17, 15) is 5.11 Å². The molecule has 0 aromatic carbocycles. The van der Waals surface area contributed by atoms with E-state index in [0.717, 1.165) is 9.35 Å². The zero-order valence-corrected chi connectivity index (χ0v) is 10.5. The summed E-state index contributed by atoms with van der Waals surface area (Å²) in [6.45, 7) is 6.35. The standard InChI is InChI=1S/C10H15BrOS/c1-6(2)7(3)9(12)8-4-5-13-10(8)11/h4-7,9,12H,1-3H3. The number of hydrogen-bond acceptors (Lipinski definition) is 2. The van der Waals surface area contributed by atoms with Crippen LogP contribution in [0.3, 0.4) is 0 Å². The molecule has 0 saturated heterocycles. The maximum Gasteiger partial charge on any atom is 0.0837 e. The van der Waals surface area contributed by atoms with Crippen LogP contribution in [-0.4, -0.2) is 5.11 Å². The Hall–Kier alpha value is 0.140.